The Balaban J connectivity index is 1.94. The van der Waals surface area contributed by atoms with Crippen molar-refractivity contribution in [1.29, 1.82) is 0 Å². The molecule has 0 aliphatic carbocycles. The Morgan fingerprint density at radius 2 is 2.00 bits per heavy atom. The lowest BCUT2D eigenvalue weighted by molar-refractivity contribution is 0.698. The molecule has 1 aromatic carbocycles. The van der Waals surface area contributed by atoms with Crippen LogP contribution in [0.1, 0.15) is 0 Å². The second kappa shape index (κ2) is 4.27. The van der Waals surface area contributed by atoms with E-state index in [-0.39, 0.29) is 0 Å². The van der Waals surface area contributed by atoms with Crippen molar-refractivity contribution in [2.24, 2.45) is 0 Å². The summed E-state index contributed by atoms with van der Waals surface area (Å²) in [5.41, 5.74) is 4.30. The summed E-state index contributed by atoms with van der Waals surface area (Å²) in [5.74, 6) is 0. The number of aromatic nitrogens is 4. The van der Waals surface area contributed by atoms with E-state index in [0.717, 1.165) is 9.47 Å². The van der Waals surface area contributed by atoms with Crippen molar-refractivity contribution in [3.8, 4) is 0 Å². The fraction of sp³-hybridized carbons (Fsp3) is 0.100. The Bertz CT molecular complexity index is 682. The van der Waals surface area contributed by atoms with Crippen molar-refractivity contribution >= 4 is 33.8 Å². The van der Waals surface area contributed by atoms with Crippen molar-refractivity contribution < 1.29 is 0 Å². The molecule has 0 atom stereocenters. The van der Waals surface area contributed by atoms with E-state index in [1.165, 1.54) is 4.70 Å². The minimum Gasteiger partial charge on any atom is -0.304 e. The number of fused-ring (bicyclic) bond motifs is 1. The Kier molecular flexibility index (Phi) is 2.62. The lowest BCUT2D eigenvalue weighted by Gasteiger charge is -2.07. The van der Waals surface area contributed by atoms with Gasteiger partial charge >= 0.3 is 0 Å². The first-order chi connectivity index (χ1) is 8.34. The van der Waals surface area contributed by atoms with Crippen LogP contribution in [0.15, 0.2) is 36.9 Å². The number of para-hydroxylation sites is 1. The number of nitrogens with one attached hydrogen (secondary N) is 1. The normalized spacial score (nSPS) is 10.8. The van der Waals surface area contributed by atoms with Crippen molar-refractivity contribution in [2.75, 3.05) is 5.43 Å². The van der Waals surface area contributed by atoms with Gasteiger partial charge < -0.3 is 9.99 Å². The minimum absolute atomic E-state index is 0.598. The van der Waals surface area contributed by atoms with E-state index in [1.54, 1.807) is 28.7 Å². The number of benzene rings is 1. The predicted molar refractivity (Wildman–Crippen MR) is 70.0 cm³/mol. The fourth-order valence-electron chi connectivity index (χ4n) is 1.60. The number of thiazole rings is 1. The van der Waals surface area contributed by atoms with Crippen LogP contribution in [0.4, 0.5) is 0 Å². The monoisotopic (exact) mass is 263 g/mol. The maximum atomic E-state index is 5.35. The van der Waals surface area contributed by atoms with Crippen molar-refractivity contribution in [1.82, 2.24) is 19.4 Å². The lowest BCUT2D eigenvalue weighted by Crippen LogP contribution is -2.16. The van der Waals surface area contributed by atoms with E-state index in [1.807, 2.05) is 12.1 Å². The zero-order chi connectivity index (χ0) is 11.7. The molecule has 0 saturated carbocycles. The molecule has 5 nitrogen and oxygen atoms in total. The minimum atomic E-state index is 0.598. The molecule has 2 heterocycles. The molecule has 17 heavy (non-hydrogen) atoms. The Labute approximate surface area is 106 Å². The molecule has 0 fully saturated rings. The van der Waals surface area contributed by atoms with Gasteiger partial charge in [-0.25, -0.2) is 4.68 Å². The molecule has 0 bridgehead atoms. The second-order valence-electron chi connectivity index (χ2n) is 3.45. The van der Waals surface area contributed by atoms with Gasteiger partial charge in [0.25, 0.3) is 0 Å². The molecule has 0 aliphatic heterocycles. The average molecular weight is 263 g/mol. The summed E-state index contributed by atoms with van der Waals surface area (Å²) in [6.45, 7) is 0.598. The third-order valence-electron chi connectivity index (χ3n) is 2.40. The van der Waals surface area contributed by atoms with E-state index in [0.29, 0.717) is 6.67 Å². The first kappa shape index (κ1) is 10.4. The predicted octanol–water partition coefficient (Wildman–Crippen LogP) is 2.22. The highest BCUT2D eigenvalue weighted by Crippen LogP contribution is 2.22. The van der Waals surface area contributed by atoms with Crippen molar-refractivity contribution in [2.45, 2.75) is 6.67 Å². The van der Waals surface area contributed by atoms with E-state index < -0.39 is 0 Å². The fourth-order valence-corrected chi connectivity index (χ4v) is 2.92. The molecule has 0 spiro atoms. The van der Waals surface area contributed by atoms with Crippen LogP contribution in [-0.4, -0.2) is 19.4 Å². The van der Waals surface area contributed by atoms with Crippen LogP contribution in [0, 0.1) is 3.95 Å². The zero-order valence-electron chi connectivity index (χ0n) is 8.78. The van der Waals surface area contributed by atoms with E-state index in [9.17, 15) is 0 Å². The van der Waals surface area contributed by atoms with Crippen LogP contribution in [0.5, 0.6) is 0 Å². The van der Waals surface area contributed by atoms with Crippen LogP contribution >= 0.6 is 23.6 Å². The molecule has 86 valence electrons. The summed E-state index contributed by atoms with van der Waals surface area (Å²) in [6.07, 6.45) is 3.22. The van der Waals surface area contributed by atoms with Gasteiger partial charge in [0.05, 0.1) is 10.2 Å². The summed E-state index contributed by atoms with van der Waals surface area (Å²) >= 11 is 6.96. The van der Waals surface area contributed by atoms with Gasteiger partial charge in [-0.1, -0.05) is 12.1 Å². The number of rotatable bonds is 3. The van der Waals surface area contributed by atoms with Crippen molar-refractivity contribution in [3.63, 3.8) is 0 Å². The van der Waals surface area contributed by atoms with Crippen LogP contribution in [0.2, 0.25) is 0 Å². The van der Waals surface area contributed by atoms with E-state index in [2.05, 4.69) is 32.3 Å². The highest BCUT2D eigenvalue weighted by atomic mass is 32.1. The van der Waals surface area contributed by atoms with Crippen LogP contribution < -0.4 is 5.43 Å². The summed E-state index contributed by atoms with van der Waals surface area (Å²) in [5, 5.41) is 7.45. The molecular formula is C10H9N5S2. The molecular weight excluding hydrogens is 254 g/mol. The molecule has 7 heteroatoms. The summed E-state index contributed by atoms with van der Waals surface area (Å²) < 4.78 is 5.80. The van der Waals surface area contributed by atoms with Crippen molar-refractivity contribution in [3.05, 3.63) is 40.9 Å². The van der Waals surface area contributed by atoms with Crippen LogP contribution in [0.3, 0.4) is 0 Å². The van der Waals surface area contributed by atoms with Gasteiger partial charge in [-0.2, -0.15) is 0 Å². The second-order valence-corrected chi connectivity index (χ2v) is 5.12. The molecule has 0 unspecified atom stereocenters. The molecule has 3 rings (SSSR count). The van der Waals surface area contributed by atoms with Gasteiger partial charge in [0.15, 0.2) is 3.95 Å². The van der Waals surface area contributed by atoms with Crippen LogP contribution in [0.25, 0.3) is 10.2 Å². The topological polar surface area (TPSA) is 47.7 Å². The van der Waals surface area contributed by atoms with Gasteiger partial charge in [-0.15, -0.1) is 21.5 Å². The largest absolute Gasteiger partial charge is 0.304 e. The lowest BCUT2D eigenvalue weighted by atomic mass is 10.3. The van der Waals surface area contributed by atoms with Gasteiger partial charge in [0.1, 0.15) is 19.3 Å². The highest BCUT2D eigenvalue weighted by molar-refractivity contribution is 7.73. The van der Waals surface area contributed by atoms with E-state index in [4.69, 9.17) is 12.2 Å². The molecule has 1 N–H and O–H groups in total. The third-order valence-corrected chi connectivity index (χ3v) is 3.83. The Morgan fingerprint density at radius 1 is 1.24 bits per heavy atom. The van der Waals surface area contributed by atoms with Gasteiger partial charge in [-0.3, -0.25) is 0 Å². The number of hydrogen-bond acceptors (Lipinski definition) is 5. The summed E-state index contributed by atoms with van der Waals surface area (Å²) in [4.78, 5) is 0. The molecule has 2 aromatic heterocycles. The Morgan fingerprint density at radius 3 is 2.82 bits per heavy atom. The maximum Gasteiger partial charge on any atom is 0.163 e. The average Bonchev–Trinajstić information content (AvgIpc) is 2.93. The Hall–Kier alpha value is -1.73. The molecule has 0 aliphatic rings. The molecule has 3 aromatic rings. The maximum absolute atomic E-state index is 5.35. The first-order valence-corrected chi connectivity index (χ1v) is 6.24. The van der Waals surface area contributed by atoms with Gasteiger partial charge in [-0.05, 0) is 24.4 Å². The summed E-state index contributed by atoms with van der Waals surface area (Å²) in [7, 11) is 0. The SMILES string of the molecule is S=c1sc2ccccc2n1CNn1cnnc1. The van der Waals surface area contributed by atoms with Crippen LogP contribution in [-0.2, 0) is 6.67 Å². The van der Waals surface area contributed by atoms with E-state index >= 15 is 0 Å². The smallest absolute Gasteiger partial charge is 0.163 e. The van der Waals surface area contributed by atoms with Gasteiger partial charge in [0.2, 0.25) is 0 Å². The first-order valence-electron chi connectivity index (χ1n) is 5.01. The molecule has 0 saturated heterocycles. The number of nitrogens with zero attached hydrogens (tertiary/aromatic N) is 4. The molecule has 0 radical (unpaired) electrons. The standard InChI is InChI=1S/C10H9N5S2/c16-10-15(7-13-14-5-11-12-6-14)8-3-1-2-4-9(8)17-10/h1-6,13H,7H2. The third kappa shape index (κ3) is 1.94. The number of hydrogen-bond donors (Lipinski definition) is 1. The zero-order valence-corrected chi connectivity index (χ0v) is 10.4. The quantitative estimate of drug-likeness (QED) is 0.736. The highest BCUT2D eigenvalue weighted by Gasteiger charge is 2.03. The van der Waals surface area contributed by atoms with Gasteiger partial charge in [0, 0.05) is 0 Å². The molecule has 0 amide bonds. The summed E-state index contributed by atoms with van der Waals surface area (Å²) in [6, 6.07) is 8.17.